The molecule has 0 saturated heterocycles. The maximum atomic E-state index is 14.4. The normalized spacial score (nSPS) is 20.6. The molecule has 0 radical (unpaired) electrons. The minimum Gasteiger partial charge on any atom is -0.503 e. The highest BCUT2D eigenvalue weighted by atomic mass is 35.5. The van der Waals surface area contributed by atoms with Crippen LogP contribution in [0.2, 0.25) is 5.02 Å². The molecule has 1 aliphatic carbocycles. The van der Waals surface area contributed by atoms with Crippen molar-refractivity contribution in [1.82, 2.24) is 14.8 Å². The predicted octanol–water partition coefficient (Wildman–Crippen LogP) is 1.93. The van der Waals surface area contributed by atoms with Gasteiger partial charge in [0.2, 0.25) is 5.43 Å². The number of ether oxygens (including phenoxy) is 1. The van der Waals surface area contributed by atoms with E-state index in [0.717, 1.165) is 0 Å². The van der Waals surface area contributed by atoms with Crippen molar-refractivity contribution in [2.45, 2.75) is 32.0 Å². The fourth-order valence-electron chi connectivity index (χ4n) is 4.59. The summed E-state index contributed by atoms with van der Waals surface area (Å²) in [5.74, 6) is -2.94. The molecule has 2 heterocycles. The molecule has 1 aromatic heterocycles. The number of rotatable bonds is 6. The number of hydrogen-bond donors (Lipinski definition) is 3. The van der Waals surface area contributed by atoms with Crippen LogP contribution in [-0.4, -0.2) is 57.3 Å². The summed E-state index contributed by atoms with van der Waals surface area (Å²) in [4.78, 5) is 40.0. The van der Waals surface area contributed by atoms with Crippen LogP contribution in [0.1, 0.15) is 39.8 Å². The van der Waals surface area contributed by atoms with Gasteiger partial charge in [-0.3, -0.25) is 14.4 Å². The zero-order valence-corrected chi connectivity index (χ0v) is 20.0. The largest absolute Gasteiger partial charge is 0.503 e. The predicted molar refractivity (Wildman–Crippen MR) is 123 cm³/mol. The van der Waals surface area contributed by atoms with E-state index in [0.29, 0.717) is 13.0 Å². The van der Waals surface area contributed by atoms with Crippen LogP contribution in [0, 0.1) is 11.7 Å². The third kappa shape index (κ3) is 3.89. The van der Waals surface area contributed by atoms with E-state index in [4.69, 9.17) is 16.3 Å². The van der Waals surface area contributed by atoms with Gasteiger partial charge in [-0.1, -0.05) is 17.7 Å². The zero-order chi connectivity index (χ0) is 24.1. The second kappa shape index (κ2) is 9.44. The van der Waals surface area contributed by atoms with E-state index in [1.807, 2.05) is 0 Å². The molecule has 1 aliphatic heterocycles. The number of aromatic nitrogens is 1. The number of halogens is 3. The first-order chi connectivity index (χ1) is 15.7. The van der Waals surface area contributed by atoms with Crippen molar-refractivity contribution >= 4 is 35.8 Å². The highest BCUT2D eigenvalue weighted by Gasteiger charge is 2.61. The highest BCUT2D eigenvalue weighted by molar-refractivity contribution is 6.32. The zero-order valence-electron chi connectivity index (χ0n) is 18.4. The summed E-state index contributed by atoms with van der Waals surface area (Å²) in [6.07, 6.45) is 1.80. The van der Waals surface area contributed by atoms with Crippen molar-refractivity contribution in [1.29, 1.82) is 0 Å². The quantitative estimate of drug-likeness (QED) is 0.540. The molecule has 34 heavy (non-hydrogen) atoms. The van der Waals surface area contributed by atoms with Gasteiger partial charge in [0.15, 0.2) is 17.3 Å². The molecule has 1 spiro atoms. The van der Waals surface area contributed by atoms with Gasteiger partial charge in [0.1, 0.15) is 16.3 Å². The molecule has 9 nitrogen and oxygen atoms in total. The molecule has 0 bridgehead atoms. The van der Waals surface area contributed by atoms with Crippen LogP contribution >= 0.6 is 24.0 Å². The molecule has 2 amide bonds. The summed E-state index contributed by atoms with van der Waals surface area (Å²) in [7, 11) is 1.34. The number of benzene rings is 1. The van der Waals surface area contributed by atoms with E-state index in [-0.39, 0.29) is 65.6 Å². The van der Waals surface area contributed by atoms with Crippen molar-refractivity contribution < 1.29 is 28.9 Å². The summed E-state index contributed by atoms with van der Waals surface area (Å²) in [6.45, 7) is 1.98. The second-order valence-electron chi connectivity index (χ2n) is 8.17. The number of aromatic hydroxyl groups is 1. The lowest BCUT2D eigenvalue weighted by molar-refractivity contribution is 0.0508. The van der Waals surface area contributed by atoms with Gasteiger partial charge >= 0.3 is 0 Å². The summed E-state index contributed by atoms with van der Waals surface area (Å²) >= 11 is 5.90. The average molecular weight is 516 g/mol. The fourth-order valence-corrected chi connectivity index (χ4v) is 4.85. The Labute approximate surface area is 205 Å². The van der Waals surface area contributed by atoms with Gasteiger partial charge in [-0.25, -0.2) is 4.39 Å². The molecule has 1 fully saturated rings. The smallest absolute Gasteiger partial charge is 0.275 e. The van der Waals surface area contributed by atoms with Crippen molar-refractivity contribution in [2.24, 2.45) is 5.92 Å². The van der Waals surface area contributed by atoms with E-state index in [1.165, 1.54) is 30.0 Å². The number of nitrogens with zero attached hydrogens (tertiary/aromatic N) is 2. The topological polar surface area (TPSA) is 121 Å². The number of likely N-dealkylation sites (N-methyl/N-ethyl adjacent to an activating group) is 1. The van der Waals surface area contributed by atoms with Gasteiger partial charge in [0, 0.05) is 43.9 Å². The average Bonchev–Trinajstić information content (AvgIpc) is 3.49. The molecule has 2 atom stereocenters. The molecular weight excluding hydrogens is 492 g/mol. The van der Waals surface area contributed by atoms with Crippen LogP contribution in [0.3, 0.4) is 0 Å². The molecule has 3 N–H and O–H groups in total. The standard InChI is InChI=1S/C22H23ClFN3O6.ClH/c1-3-27-21(32)17-19(30)18(29)13(8-26(17)10-22(27)6-12(22)9-28)20(31)25-7-11-4-5-14(33-2)15(23)16(11)24;/h4-5,8,12,28,30H,3,6-7,9-10H2,1-2H3,(H,25,31);1H/t12-,22-;/m1./s1. The number of carbonyl (C=O) groups excluding carboxylic acids is 2. The number of aliphatic hydroxyl groups is 1. The SMILES string of the molecule is CCN1C(=O)c2c(O)c(=O)c(C(=O)NCc3ccc(OC)c(Cl)c3F)cn2C[C@@]12C[C@@H]2CO.Cl. The molecular formula is C22H24Cl2FN3O6. The lowest BCUT2D eigenvalue weighted by atomic mass is 10.0. The number of carbonyl (C=O) groups is 2. The molecule has 2 aliphatic rings. The molecule has 4 rings (SSSR count). The molecule has 1 aromatic carbocycles. The molecule has 184 valence electrons. The number of amides is 2. The van der Waals surface area contributed by atoms with Crippen molar-refractivity contribution in [3.05, 3.63) is 56.2 Å². The highest BCUT2D eigenvalue weighted by Crippen LogP contribution is 2.52. The molecule has 12 heteroatoms. The Balaban J connectivity index is 0.00000324. The maximum Gasteiger partial charge on any atom is 0.275 e. The molecule has 2 aromatic rings. The third-order valence-electron chi connectivity index (χ3n) is 6.45. The van der Waals surface area contributed by atoms with Crippen molar-refractivity contribution in [2.75, 3.05) is 20.3 Å². The van der Waals surface area contributed by atoms with E-state index >= 15 is 0 Å². The Hall–Kier alpha value is -2.82. The summed E-state index contributed by atoms with van der Waals surface area (Å²) < 4.78 is 20.7. The second-order valence-corrected chi connectivity index (χ2v) is 8.55. The van der Waals surface area contributed by atoms with E-state index in [1.54, 1.807) is 11.8 Å². The monoisotopic (exact) mass is 515 g/mol. The van der Waals surface area contributed by atoms with Gasteiger partial charge < -0.3 is 29.7 Å². The van der Waals surface area contributed by atoms with Gasteiger partial charge in [-0.05, 0) is 19.4 Å². The van der Waals surface area contributed by atoms with E-state index in [2.05, 4.69) is 5.32 Å². The summed E-state index contributed by atoms with van der Waals surface area (Å²) in [5.41, 5.74) is -2.12. The van der Waals surface area contributed by atoms with Crippen LogP contribution < -0.4 is 15.5 Å². The Morgan fingerprint density at radius 2 is 2.09 bits per heavy atom. The fraction of sp³-hybridized carbons (Fsp3) is 0.409. The third-order valence-corrected chi connectivity index (χ3v) is 6.80. The van der Waals surface area contributed by atoms with Crippen molar-refractivity contribution in [3.63, 3.8) is 0 Å². The van der Waals surface area contributed by atoms with Gasteiger partial charge in [-0.2, -0.15) is 0 Å². The summed E-state index contributed by atoms with van der Waals surface area (Å²) in [6, 6.07) is 2.84. The number of nitrogens with one attached hydrogen (secondary N) is 1. The Morgan fingerprint density at radius 1 is 1.38 bits per heavy atom. The number of fused-ring (bicyclic) bond motifs is 1. The number of methoxy groups -OCH3 is 1. The molecule has 1 saturated carbocycles. The Kier molecular flexibility index (Phi) is 7.16. The lowest BCUT2D eigenvalue weighted by Crippen LogP contribution is -2.52. The van der Waals surface area contributed by atoms with Crippen LogP contribution in [-0.2, 0) is 13.1 Å². The first-order valence-electron chi connectivity index (χ1n) is 10.4. The van der Waals surface area contributed by atoms with Crippen LogP contribution in [0.15, 0.2) is 23.1 Å². The Bertz CT molecular complexity index is 1220. The number of pyridine rings is 1. The van der Waals surface area contributed by atoms with E-state index < -0.39 is 34.3 Å². The Morgan fingerprint density at radius 3 is 2.68 bits per heavy atom. The van der Waals surface area contributed by atoms with Gasteiger partial charge in [0.25, 0.3) is 11.8 Å². The van der Waals surface area contributed by atoms with Crippen molar-refractivity contribution in [3.8, 4) is 11.5 Å². The lowest BCUT2D eigenvalue weighted by Gasteiger charge is -2.38. The number of aliphatic hydroxyl groups excluding tert-OH is 1. The number of hydrogen-bond acceptors (Lipinski definition) is 6. The minimum absolute atomic E-state index is 0. The van der Waals surface area contributed by atoms with Gasteiger partial charge in [-0.15, -0.1) is 12.4 Å². The maximum absolute atomic E-state index is 14.4. The first kappa shape index (κ1) is 25.8. The molecule has 0 unspecified atom stereocenters. The minimum atomic E-state index is -0.998. The first-order valence-corrected chi connectivity index (χ1v) is 10.8. The van der Waals surface area contributed by atoms with Crippen LogP contribution in [0.25, 0.3) is 0 Å². The summed E-state index contributed by atoms with van der Waals surface area (Å²) in [5, 5.41) is 22.3. The van der Waals surface area contributed by atoms with Crippen LogP contribution in [0.4, 0.5) is 4.39 Å². The van der Waals surface area contributed by atoms with E-state index in [9.17, 15) is 29.0 Å². The van der Waals surface area contributed by atoms with Gasteiger partial charge in [0.05, 0.1) is 12.6 Å². The van der Waals surface area contributed by atoms with Crippen LogP contribution in [0.5, 0.6) is 11.5 Å².